The van der Waals surface area contributed by atoms with E-state index in [4.69, 9.17) is 4.42 Å². The number of nitrogens with zero attached hydrogens (tertiary/aromatic N) is 2. The van der Waals surface area contributed by atoms with E-state index in [1.165, 1.54) is 0 Å². The molecule has 1 aromatic heterocycles. The zero-order valence-corrected chi connectivity index (χ0v) is 14.2. The Morgan fingerprint density at radius 2 is 2.26 bits per heavy atom. The van der Waals surface area contributed by atoms with Gasteiger partial charge in [0, 0.05) is 18.7 Å². The number of carbonyl (C=O) groups is 1. The van der Waals surface area contributed by atoms with Crippen LogP contribution in [-0.2, 0) is 11.2 Å². The molecule has 0 spiro atoms. The first kappa shape index (κ1) is 16.0. The van der Waals surface area contributed by atoms with E-state index in [1.807, 2.05) is 25.1 Å². The molecule has 1 unspecified atom stereocenters. The molecule has 2 aromatic rings. The standard InChI is InChI=1S/C18H25N3O2/c1-4-9-21-10-8-18(3,12-21)17(22)19-13-6-7-15-14(11-13)20-16(5-2)23-15/h6-7,11H,4-5,8-10,12H2,1-3H3,(H,19,22). The second-order valence-electron chi connectivity index (χ2n) is 6.68. The number of carbonyl (C=O) groups excluding carboxylic acids is 1. The quantitative estimate of drug-likeness (QED) is 0.918. The van der Waals surface area contributed by atoms with Gasteiger partial charge >= 0.3 is 0 Å². The molecular weight excluding hydrogens is 290 g/mol. The lowest BCUT2D eigenvalue weighted by atomic mass is 9.88. The number of amides is 1. The van der Waals surface area contributed by atoms with Crippen molar-refractivity contribution in [1.82, 2.24) is 9.88 Å². The zero-order valence-electron chi connectivity index (χ0n) is 14.2. The summed E-state index contributed by atoms with van der Waals surface area (Å²) < 4.78 is 5.61. The van der Waals surface area contributed by atoms with Crippen LogP contribution < -0.4 is 5.32 Å². The number of aromatic nitrogens is 1. The molecule has 1 N–H and O–H groups in total. The molecule has 1 atom stereocenters. The summed E-state index contributed by atoms with van der Waals surface area (Å²) >= 11 is 0. The number of aryl methyl sites for hydroxylation is 1. The second-order valence-corrected chi connectivity index (χ2v) is 6.68. The predicted molar refractivity (Wildman–Crippen MR) is 91.5 cm³/mol. The monoisotopic (exact) mass is 315 g/mol. The van der Waals surface area contributed by atoms with Crippen LogP contribution in [0.15, 0.2) is 22.6 Å². The molecule has 0 aliphatic carbocycles. The van der Waals surface area contributed by atoms with Gasteiger partial charge in [0.25, 0.3) is 0 Å². The molecule has 5 nitrogen and oxygen atoms in total. The van der Waals surface area contributed by atoms with Crippen LogP contribution in [0.3, 0.4) is 0 Å². The number of likely N-dealkylation sites (tertiary alicyclic amines) is 1. The molecule has 0 saturated carbocycles. The van der Waals surface area contributed by atoms with Gasteiger partial charge < -0.3 is 14.6 Å². The fraction of sp³-hybridized carbons (Fsp3) is 0.556. The van der Waals surface area contributed by atoms with E-state index in [2.05, 4.69) is 29.0 Å². The van der Waals surface area contributed by atoms with E-state index < -0.39 is 0 Å². The molecule has 1 aliphatic heterocycles. The van der Waals surface area contributed by atoms with Gasteiger partial charge in [-0.15, -0.1) is 0 Å². The van der Waals surface area contributed by atoms with Gasteiger partial charge in [-0.2, -0.15) is 0 Å². The molecule has 1 aliphatic rings. The average Bonchev–Trinajstić information content (AvgIpc) is 3.11. The summed E-state index contributed by atoms with van der Waals surface area (Å²) in [7, 11) is 0. The topological polar surface area (TPSA) is 58.4 Å². The maximum absolute atomic E-state index is 12.7. The first-order valence-corrected chi connectivity index (χ1v) is 8.47. The van der Waals surface area contributed by atoms with Crippen LogP contribution in [0.1, 0.15) is 39.5 Å². The number of hydrogen-bond acceptors (Lipinski definition) is 4. The van der Waals surface area contributed by atoms with E-state index in [1.54, 1.807) is 0 Å². The molecule has 1 aromatic carbocycles. The highest BCUT2D eigenvalue weighted by atomic mass is 16.3. The van der Waals surface area contributed by atoms with Crippen molar-refractivity contribution >= 4 is 22.7 Å². The van der Waals surface area contributed by atoms with Gasteiger partial charge in [0.05, 0.1) is 5.41 Å². The van der Waals surface area contributed by atoms with Crippen LogP contribution in [0.5, 0.6) is 0 Å². The van der Waals surface area contributed by atoms with Gasteiger partial charge in [0.2, 0.25) is 5.91 Å². The molecule has 2 heterocycles. The maximum atomic E-state index is 12.7. The van der Waals surface area contributed by atoms with Gasteiger partial charge in [-0.05, 0) is 51.1 Å². The van der Waals surface area contributed by atoms with Crippen molar-refractivity contribution in [2.45, 2.75) is 40.0 Å². The molecule has 124 valence electrons. The Labute approximate surface area is 137 Å². The Morgan fingerprint density at radius 3 is 3.00 bits per heavy atom. The third-order valence-corrected chi connectivity index (χ3v) is 4.63. The third-order valence-electron chi connectivity index (χ3n) is 4.63. The molecule has 5 heteroatoms. The molecular formula is C18H25N3O2. The van der Waals surface area contributed by atoms with Crippen LogP contribution in [0.4, 0.5) is 5.69 Å². The molecule has 0 bridgehead atoms. The van der Waals surface area contributed by atoms with E-state index in [0.29, 0.717) is 0 Å². The fourth-order valence-electron chi connectivity index (χ4n) is 3.24. The lowest BCUT2D eigenvalue weighted by Gasteiger charge is -2.23. The molecule has 0 radical (unpaired) electrons. The van der Waals surface area contributed by atoms with Gasteiger partial charge in [-0.25, -0.2) is 4.98 Å². The fourth-order valence-corrected chi connectivity index (χ4v) is 3.24. The lowest BCUT2D eigenvalue weighted by Crippen LogP contribution is -2.36. The summed E-state index contributed by atoms with van der Waals surface area (Å²) in [6.07, 6.45) is 2.80. The van der Waals surface area contributed by atoms with Crippen molar-refractivity contribution < 1.29 is 9.21 Å². The van der Waals surface area contributed by atoms with Crippen molar-refractivity contribution in [2.75, 3.05) is 25.0 Å². The normalized spacial score (nSPS) is 21.9. The highest BCUT2D eigenvalue weighted by Gasteiger charge is 2.39. The van der Waals surface area contributed by atoms with Gasteiger partial charge in [-0.1, -0.05) is 13.8 Å². The highest BCUT2D eigenvalue weighted by Crippen LogP contribution is 2.32. The second kappa shape index (κ2) is 6.32. The van der Waals surface area contributed by atoms with Crippen LogP contribution in [0, 0.1) is 5.41 Å². The summed E-state index contributed by atoms with van der Waals surface area (Å²) in [5.74, 6) is 0.816. The first-order valence-electron chi connectivity index (χ1n) is 8.47. The number of oxazole rings is 1. The van der Waals surface area contributed by atoms with Crippen molar-refractivity contribution in [3.63, 3.8) is 0 Å². The van der Waals surface area contributed by atoms with E-state index in [9.17, 15) is 4.79 Å². The van der Waals surface area contributed by atoms with Crippen LogP contribution >= 0.6 is 0 Å². The number of anilines is 1. The Kier molecular flexibility index (Phi) is 4.39. The highest BCUT2D eigenvalue weighted by molar-refractivity contribution is 5.96. The first-order chi connectivity index (χ1) is 11.0. The molecule has 1 saturated heterocycles. The van der Waals surface area contributed by atoms with Crippen molar-refractivity contribution in [2.24, 2.45) is 5.41 Å². The number of nitrogens with one attached hydrogen (secondary N) is 1. The van der Waals surface area contributed by atoms with Gasteiger partial charge in [-0.3, -0.25) is 4.79 Å². The van der Waals surface area contributed by atoms with Crippen LogP contribution in [0.2, 0.25) is 0 Å². The largest absolute Gasteiger partial charge is 0.441 e. The van der Waals surface area contributed by atoms with Gasteiger partial charge in [0.1, 0.15) is 5.52 Å². The molecule has 3 rings (SSSR count). The van der Waals surface area contributed by atoms with E-state index in [0.717, 1.165) is 61.6 Å². The van der Waals surface area contributed by atoms with Gasteiger partial charge in [0.15, 0.2) is 11.5 Å². The summed E-state index contributed by atoms with van der Waals surface area (Å²) in [4.78, 5) is 19.5. The zero-order chi connectivity index (χ0) is 16.4. The van der Waals surface area contributed by atoms with E-state index >= 15 is 0 Å². The summed E-state index contributed by atoms with van der Waals surface area (Å²) in [5.41, 5.74) is 2.03. The average molecular weight is 315 g/mol. The summed E-state index contributed by atoms with van der Waals surface area (Å²) in [5, 5.41) is 3.06. The predicted octanol–water partition coefficient (Wildman–Crippen LogP) is 3.45. The van der Waals surface area contributed by atoms with Crippen molar-refractivity contribution in [1.29, 1.82) is 0 Å². The molecule has 1 fully saturated rings. The number of benzene rings is 1. The Bertz CT molecular complexity index is 709. The number of hydrogen-bond donors (Lipinski definition) is 1. The van der Waals surface area contributed by atoms with Crippen molar-refractivity contribution in [3.05, 3.63) is 24.1 Å². The Balaban J connectivity index is 1.72. The maximum Gasteiger partial charge on any atom is 0.231 e. The summed E-state index contributed by atoms with van der Waals surface area (Å²) in [6.45, 7) is 9.14. The minimum atomic E-state index is -0.317. The third kappa shape index (κ3) is 3.24. The minimum absolute atomic E-state index is 0.0923. The lowest BCUT2D eigenvalue weighted by molar-refractivity contribution is -0.124. The van der Waals surface area contributed by atoms with Crippen LogP contribution in [-0.4, -0.2) is 35.4 Å². The van der Waals surface area contributed by atoms with Crippen molar-refractivity contribution in [3.8, 4) is 0 Å². The minimum Gasteiger partial charge on any atom is -0.441 e. The van der Waals surface area contributed by atoms with E-state index in [-0.39, 0.29) is 11.3 Å². The smallest absolute Gasteiger partial charge is 0.231 e. The SMILES string of the molecule is CCCN1CCC(C)(C(=O)Nc2ccc3oc(CC)nc3c2)C1. The van der Waals surface area contributed by atoms with Crippen LogP contribution in [0.25, 0.3) is 11.1 Å². The molecule has 23 heavy (non-hydrogen) atoms. The summed E-state index contributed by atoms with van der Waals surface area (Å²) in [6, 6.07) is 5.64. The number of rotatable bonds is 5. The number of fused-ring (bicyclic) bond motifs is 1. The molecule has 1 amide bonds. The Morgan fingerprint density at radius 1 is 1.43 bits per heavy atom. The Hall–Kier alpha value is -1.88.